The molecule has 94 valence electrons. The summed E-state index contributed by atoms with van der Waals surface area (Å²) in [6, 6.07) is 0. The molecule has 0 aromatic carbocycles. The molecule has 0 aliphatic carbocycles. The zero-order chi connectivity index (χ0) is 12.7. The maximum atomic E-state index is 10.6. The fraction of sp³-hybridized carbons (Fsp3) is 0.833. The number of carbonyl (C=O) groups is 2. The van der Waals surface area contributed by atoms with Crippen molar-refractivity contribution in [2.75, 3.05) is 13.1 Å². The van der Waals surface area contributed by atoms with Crippen molar-refractivity contribution in [2.45, 2.75) is 51.6 Å². The number of hydrogen-bond donors (Lipinski definition) is 2. The number of nitrogens with one attached hydrogen (secondary N) is 2. The summed E-state index contributed by atoms with van der Waals surface area (Å²) in [5.74, 6) is 0. The quantitative estimate of drug-likeness (QED) is 0.455. The molecule has 0 radical (unpaired) electrons. The molecular weight excluding hydrogens is 204 g/mol. The van der Waals surface area contributed by atoms with E-state index in [4.69, 9.17) is 0 Å². The predicted octanol–water partition coefficient (Wildman–Crippen LogP) is 0.901. The lowest BCUT2D eigenvalue weighted by Crippen LogP contribution is -2.42. The molecule has 16 heavy (non-hydrogen) atoms. The maximum Gasteiger partial charge on any atom is 0.139 e. The number of aldehydes is 2. The van der Waals surface area contributed by atoms with Gasteiger partial charge in [0.05, 0.1) is 11.1 Å². The predicted molar refractivity (Wildman–Crippen MR) is 65.5 cm³/mol. The lowest BCUT2D eigenvalue weighted by molar-refractivity contribution is -0.113. The molecule has 0 amide bonds. The third-order valence-corrected chi connectivity index (χ3v) is 2.35. The molecule has 0 aromatic heterocycles. The molecule has 0 unspecified atom stereocenters. The molecule has 0 spiro atoms. The van der Waals surface area contributed by atoms with Crippen LogP contribution in [-0.4, -0.2) is 36.7 Å². The van der Waals surface area contributed by atoms with Gasteiger partial charge in [0.25, 0.3) is 0 Å². The van der Waals surface area contributed by atoms with E-state index < -0.39 is 11.1 Å². The van der Waals surface area contributed by atoms with Gasteiger partial charge in [0.15, 0.2) is 0 Å². The Morgan fingerprint density at radius 1 is 0.812 bits per heavy atom. The van der Waals surface area contributed by atoms with Gasteiger partial charge in [-0.15, -0.1) is 0 Å². The molecule has 0 atom stereocenters. The Kier molecular flexibility index (Phi) is 6.45. The molecule has 0 saturated heterocycles. The van der Waals surface area contributed by atoms with E-state index in [1.807, 2.05) is 27.7 Å². The molecule has 4 heteroatoms. The van der Waals surface area contributed by atoms with Crippen LogP contribution in [0.1, 0.15) is 40.5 Å². The average Bonchev–Trinajstić information content (AvgIpc) is 2.23. The summed E-state index contributed by atoms with van der Waals surface area (Å²) in [4.78, 5) is 21.2. The van der Waals surface area contributed by atoms with Crippen LogP contribution in [0, 0.1) is 0 Å². The fourth-order valence-corrected chi connectivity index (χ4v) is 1.15. The number of unbranched alkanes of at least 4 members (excludes halogenated alkanes) is 1. The van der Waals surface area contributed by atoms with Crippen LogP contribution in [0.2, 0.25) is 0 Å². The molecule has 0 rings (SSSR count). The van der Waals surface area contributed by atoms with Crippen LogP contribution in [0.25, 0.3) is 0 Å². The van der Waals surface area contributed by atoms with Gasteiger partial charge in [-0.2, -0.15) is 0 Å². The molecular formula is C12H24N2O2. The first-order valence-corrected chi connectivity index (χ1v) is 5.76. The zero-order valence-electron chi connectivity index (χ0n) is 10.8. The zero-order valence-corrected chi connectivity index (χ0v) is 10.8. The van der Waals surface area contributed by atoms with Gasteiger partial charge >= 0.3 is 0 Å². The van der Waals surface area contributed by atoms with Gasteiger partial charge in [-0.25, -0.2) is 0 Å². The monoisotopic (exact) mass is 228 g/mol. The summed E-state index contributed by atoms with van der Waals surface area (Å²) in [6.07, 6.45) is 3.81. The number of hydrogen-bond acceptors (Lipinski definition) is 4. The molecule has 0 fully saturated rings. The van der Waals surface area contributed by atoms with Gasteiger partial charge < -0.3 is 20.2 Å². The second kappa shape index (κ2) is 6.76. The first kappa shape index (κ1) is 15.3. The molecule has 2 N–H and O–H groups in total. The molecule has 0 heterocycles. The van der Waals surface area contributed by atoms with Crippen molar-refractivity contribution < 1.29 is 9.59 Å². The van der Waals surface area contributed by atoms with E-state index in [9.17, 15) is 9.59 Å². The lowest BCUT2D eigenvalue weighted by Gasteiger charge is -2.20. The van der Waals surface area contributed by atoms with E-state index in [0.29, 0.717) is 0 Å². The van der Waals surface area contributed by atoms with E-state index in [-0.39, 0.29) is 0 Å². The van der Waals surface area contributed by atoms with Gasteiger partial charge in [-0.05, 0) is 53.6 Å². The Hall–Kier alpha value is -0.740. The van der Waals surface area contributed by atoms with Crippen molar-refractivity contribution in [3.8, 4) is 0 Å². The minimum Gasteiger partial charge on any atom is -0.306 e. The van der Waals surface area contributed by atoms with Crippen molar-refractivity contribution in [1.82, 2.24) is 10.6 Å². The minimum atomic E-state index is -0.435. The van der Waals surface area contributed by atoms with Crippen LogP contribution in [0.4, 0.5) is 0 Å². The summed E-state index contributed by atoms with van der Waals surface area (Å²) < 4.78 is 0. The highest BCUT2D eigenvalue weighted by molar-refractivity contribution is 5.62. The molecule has 0 aliphatic rings. The van der Waals surface area contributed by atoms with E-state index in [1.165, 1.54) is 0 Å². The molecule has 0 aliphatic heterocycles. The highest BCUT2D eigenvalue weighted by Gasteiger charge is 2.15. The number of rotatable bonds is 9. The van der Waals surface area contributed by atoms with Crippen molar-refractivity contribution >= 4 is 12.6 Å². The summed E-state index contributed by atoms with van der Waals surface area (Å²) in [5, 5.41) is 6.31. The van der Waals surface area contributed by atoms with E-state index in [1.54, 1.807) is 0 Å². The second-order valence-corrected chi connectivity index (χ2v) is 5.24. The summed E-state index contributed by atoms with van der Waals surface area (Å²) >= 11 is 0. The van der Waals surface area contributed by atoms with E-state index >= 15 is 0 Å². The van der Waals surface area contributed by atoms with Gasteiger partial charge in [0, 0.05) is 0 Å². The van der Waals surface area contributed by atoms with Crippen LogP contribution in [0.5, 0.6) is 0 Å². The van der Waals surface area contributed by atoms with Crippen molar-refractivity contribution in [3.63, 3.8) is 0 Å². The Morgan fingerprint density at radius 3 is 1.38 bits per heavy atom. The smallest absolute Gasteiger partial charge is 0.139 e. The van der Waals surface area contributed by atoms with Crippen LogP contribution < -0.4 is 10.6 Å². The van der Waals surface area contributed by atoms with Crippen LogP contribution in [-0.2, 0) is 9.59 Å². The highest BCUT2D eigenvalue weighted by Crippen LogP contribution is 1.99. The Bertz CT molecular complexity index is 201. The van der Waals surface area contributed by atoms with Gasteiger partial charge in [-0.3, -0.25) is 0 Å². The Morgan fingerprint density at radius 2 is 1.12 bits per heavy atom. The second-order valence-electron chi connectivity index (χ2n) is 5.24. The molecule has 0 bridgehead atoms. The van der Waals surface area contributed by atoms with Gasteiger partial charge in [-0.1, -0.05) is 0 Å². The summed E-state index contributed by atoms with van der Waals surface area (Å²) in [7, 11) is 0. The number of carbonyl (C=O) groups excluding carboxylic acids is 2. The van der Waals surface area contributed by atoms with Gasteiger partial charge in [0.1, 0.15) is 12.6 Å². The van der Waals surface area contributed by atoms with Crippen LogP contribution in [0.15, 0.2) is 0 Å². The standard InChI is InChI=1S/C12H24N2O2/c1-11(2,9-15)13-7-5-6-8-14-12(3,4)10-16/h9-10,13-14H,5-8H2,1-4H3. The summed E-state index contributed by atoms with van der Waals surface area (Å²) in [5.41, 5.74) is -0.870. The van der Waals surface area contributed by atoms with Crippen molar-refractivity contribution in [2.24, 2.45) is 0 Å². The Labute approximate surface area is 98.2 Å². The van der Waals surface area contributed by atoms with Crippen molar-refractivity contribution in [3.05, 3.63) is 0 Å². The van der Waals surface area contributed by atoms with E-state index in [2.05, 4.69) is 10.6 Å². The third-order valence-electron chi connectivity index (χ3n) is 2.35. The van der Waals surface area contributed by atoms with E-state index in [0.717, 1.165) is 38.5 Å². The topological polar surface area (TPSA) is 58.2 Å². The lowest BCUT2D eigenvalue weighted by atomic mass is 10.1. The molecule has 0 aromatic rings. The fourth-order valence-electron chi connectivity index (χ4n) is 1.15. The highest BCUT2D eigenvalue weighted by atomic mass is 16.1. The molecule has 0 saturated carbocycles. The third kappa shape index (κ3) is 7.54. The Balaban J connectivity index is 3.48. The van der Waals surface area contributed by atoms with Crippen molar-refractivity contribution in [1.29, 1.82) is 0 Å². The normalized spacial score (nSPS) is 12.5. The first-order chi connectivity index (χ1) is 7.33. The SMILES string of the molecule is CC(C)(C=O)NCCCCNC(C)(C)C=O. The van der Waals surface area contributed by atoms with Crippen LogP contribution in [0.3, 0.4) is 0 Å². The minimum absolute atomic E-state index is 0.435. The first-order valence-electron chi connectivity index (χ1n) is 5.76. The summed E-state index contributed by atoms with van der Waals surface area (Å²) in [6.45, 7) is 9.05. The molecule has 4 nitrogen and oxygen atoms in total. The maximum absolute atomic E-state index is 10.6. The average molecular weight is 228 g/mol. The van der Waals surface area contributed by atoms with Gasteiger partial charge in [0.2, 0.25) is 0 Å². The largest absolute Gasteiger partial charge is 0.306 e. The van der Waals surface area contributed by atoms with Crippen LogP contribution >= 0.6 is 0 Å².